The number of amides is 2. The standard InChI is InChI=1S/C19H20Cl2N2O4S/c1-4-27-19(26)14-10(2)16(17(25)22-3)28-18(14)23-13(24)9-8-11-6-5-7-12(20)15(11)21/h5-7H,4,8-9H2,1-3H3,(H,22,25)(H,23,24). The Morgan fingerprint density at radius 1 is 1.21 bits per heavy atom. The van der Waals surface area contributed by atoms with E-state index in [2.05, 4.69) is 10.6 Å². The molecular weight excluding hydrogens is 423 g/mol. The van der Waals surface area contributed by atoms with Gasteiger partial charge in [0, 0.05) is 13.5 Å². The maximum Gasteiger partial charge on any atom is 0.341 e. The van der Waals surface area contributed by atoms with E-state index < -0.39 is 5.97 Å². The number of hydrogen-bond donors (Lipinski definition) is 2. The summed E-state index contributed by atoms with van der Waals surface area (Å²) in [6, 6.07) is 5.23. The number of rotatable bonds is 7. The monoisotopic (exact) mass is 442 g/mol. The summed E-state index contributed by atoms with van der Waals surface area (Å²) in [5.74, 6) is -1.23. The van der Waals surface area contributed by atoms with Gasteiger partial charge in [0.25, 0.3) is 5.91 Å². The molecule has 0 aliphatic heterocycles. The van der Waals surface area contributed by atoms with Gasteiger partial charge < -0.3 is 15.4 Å². The first kappa shape index (κ1) is 22.2. The van der Waals surface area contributed by atoms with E-state index >= 15 is 0 Å². The Bertz CT molecular complexity index is 912. The number of anilines is 1. The summed E-state index contributed by atoms with van der Waals surface area (Å²) in [7, 11) is 1.50. The van der Waals surface area contributed by atoms with Gasteiger partial charge in [0.1, 0.15) is 5.00 Å². The molecule has 0 spiro atoms. The molecule has 0 saturated heterocycles. The quantitative estimate of drug-likeness (QED) is 0.619. The lowest BCUT2D eigenvalue weighted by Gasteiger charge is -2.08. The molecule has 0 saturated carbocycles. The summed E-state index contributed by atoms with van der Waals surface area (Å²) in [6.07, 6.45) is 0.515. The van der Waals surface area contributed by atoms with Crippen LogP contribution < -0.4 is 10.6 Å². The van der Waals surface area contributed by atoms with Crippen LogP contribution in [-0.4, -0.2) is 31.4 Å². The molecule has 0 aliphatic carbocycles. The Kier molecular flexibility index (Phi) is 7.86. The van der Waals surface area contributed by atoms with Gasteiger partial charge in [-0.05, 0) is 37.5 Å². The zero-order valence-corrected chi connectivity index (χ0v) is 18.0. The van der Waals surface area contributed by atoms with Gasteiger partial charge in [0.15, 0.2) is 0 Å². The molecule has 9 heteroatoms. The molecule has 0 fully saturated rings. The Hall–Kier alpha value is -2.09. The number of thiophene rings is 1. The third-order valence-corrected chi connectivity index (χ3v) is 6.03. The van der Waals surface area contributed by atoms with Crippen LogP contribution >= 0.6 is 34.5 Å². The summed E-state index contributed by atoms with van der Waals surface area (Å²) < 4.78 is 5.07. The maximum absolute atomic E-state index is 12.4. The number of halogens is 2. The summed E-state index contributed by atoms with van der Waals surface area (Å²) in [5, 5.41) is 6.37. The van der Waals surface area contributed by atoms with Crippen LogP contribution in [0.15, 0.2) is 18.2 Å². The second-order valence-corrected chi connectivity index (χ2v) is 7.63. The summed E-state index contributed by atoms with van der Waals surface area (Å²) in [5.41, 5.74) is 1.42. The van der Waals surface area contributed by atoms with Crippen LogP contribution in [0.1, 0.15) is 44.5 Å². The van der Waals surface area contributed by atoms with Crippen molar-refractivity contribution in [2.24, 2.45) is 0 Å². The largest absolute Gasteiger partial charge is 0.462 e. The van der Waals surface area contributed by atoms with Crippen LogP contribution in [-0.2, 0) is 16.0 Å². The van der Waals surface area contributed by atoms with E-state index in [1.807, 2.05) is 0 Å². The average Bonchev–Trinajstić information content (AvgIpc) is 2.98. The van der Waals surface area contributed by atoms with Crippen molar-refractivity contribution in [2.75, 3.05) is 19.0 Å². The molecule has 2 amide bonds. The fraction of sp³-hybridized carbons (Fsp3) is 0.316. The fourth-order valence-corrected chi connectivity index (χ4v) is 4.13. The number of esters is 1. The number of carbonyl (C=O) groups excluding carboxylic acids is 3. The lowest BCUT2D eigenvalue weighted by atomic mass is 10.1. The summed E-state index contributed by atoms with van der Waals surface area (Å²) in [6.45, 7) is 3.52. The highest BCUT2D eigenvalue weighted by Crippen LogP contribution is 2.34. The van der Waals surface area contributed by atoms with E-state index in [9.17, 15) is 14.4 Å². The summed E-state index contributed by atoms with van der Waals surface area (Å²) >= 11 is 13.2. The van der Waals surface area contributed by atoms with E-state index in [0.29, 0.717) is 26.9 Å². The first-order chi connectivity index (χ1) is 13.3. The average molecular weight is 443 g/mol. The Morgan fingerprint density at radius 3 is 2.57 bits per heavy atom. The van der Waals surface area contributed by atoms with Crippen LogP contribution in [0.2, 0.25) is 10.0 Å². The molecule has 6 nitrogen and oxygen atoms in total. The second-order valence-electron chi connectivity index (χ2n) is 5.82. The minimum atomic E-state index is -0.584. The Balaban J connectivity index is 2.21. The molecule has 2 rings (SSSR count). The molecule has 28 heavy (non-hydrogen) atoms. The second kappa shape index (κ2) is 9.91. The lowest BCUT2D eigenvalue weighted by molar-refractivity contribution is -0.116. The third-order valence-electron chi connectivity index (χ3n) is 3.97. The van der Waals surface area contributed by atoms with E-state index in [-0.39, 0.29) is 35.4 Å². The summed E-state index contributed by atoms with van der Waals surface area (Å²) in [4.78, 5) is 37.2. The highest BCUT2D eigenvalue weighted by atomic mass is 35.5. The van der Waals surface area contributed by atoms with Crippen molar-refractivity contribution in [1.82, 2.24) is 5.32 Å². The lowest BCUT2D eigenvalue weighted by Crippen LogP contribution is -2.18. The first-order valence-electron chi connectivity index (χ1n) is 8.55. The molecule has 1 aromatic heterocycles. The minimum Gasteiger partial charge on any atom is -0.462 e. The first-order valence-corrected chi connectivity index (χ1v) is 10.1. The molecule has 0 unspecified atom stereocenters. The highest BCUT2D eigenvalue weighted by Gasteiger charge is 2.26. The fourth-order valence-electron chi connectivity index (χ4n) is 2.56. The van der Waals surface area contributed by atoms with Crippen molar-refractivity contribution in [3.8, 4) is 0 Å². The molecular formula is C19H20Cl2N2O4S. The third kappa shape index (κ3) is 5.04. The van der Waals surface area contributed by atoms with Crippen LogP contribution in [0.4, 0.5) is 5.00 Å². The SMILES string of the molecule is CCOC(=O)c1c(NC(=O)CCc2cccc(Cl)c2Cl)sc(C(=O)NC)c1C. The molecule has 0 aliphatic rings. The van der Waals surface area contributed by atoms with Gasteiger partial charge in [0.05, 0.1) is 27.1 Å². The van der Waals surface area contributed by atoms with Gasteiger partial charge in [-0.2, -0.15) is 0 Å². The van der Waals surface area contributed by atoms with Gasteiger partial charge in [-0.3, -0.25) is 9.59 Å². The molecule has 2 aromatic rings. The topological polar surface area (TPSA) is 84.5 Å². The van der Waals surface area contributed by atoms with Crippen LogP contribution in [0.25, 0.3) is 0 Å². The van der Waals surface area contributed by atoms with Crippen molar-refractivity contribution < 1.29 is 19.1 Å². The smallest absolute Gasteiger partial charge is 0.341 e. The van der Waals surface area contributed by atoms with Crippen molar-refractivity contribution in [3.63, 3.8) is 0 Å². The molecule has 150 valence electrons. The Labute approximate surface area is 177 Å². The number of ether oxygens (including phenoxy) is 1. The number of benzene rings is 1. The molecule has 0 radical (unpaired) electrons. The van der Waals surface area contributed by atoms with E-state index in [0.717, 1.165) is 16.9 Å². The van der Waals surface area contributed by atoms with E-state index in [1.165, 1.54) is 7.05 Å². The minimum absolute atomic E-state index is 0.134. The molecule has 2 N–H and O–H groups in total. The number of aryl methyl sites for hydroxylation is 1. The Morgan fingerprint density at radius 2 is 1.93 bits per heavy atom. The van der Waals surface area contributed by atoms with Crippen LogP contribution in [0.3, 0.4) is 0 Å². The van der Waals surface area contributed by atoms with Crippen molar-refractivity contribution in [2.45, 2.75) is 26.7 Å². The highest BCUT2D eigenvalue weighted by molar-refractivity contribution is 7.18. The molecule has 0 atom stereocenters. The van der Waals surface area contributed by atoms with E-state index in [4.69, 9.17) is 27.9 Å². The van der Waals surface area contributed by atoms with Gasteiger partial charge in [-0.1, -0.05) is 35.3 Å². The predicted molar refractivity (Wildman–Crippen MR) is 112 cm³/mol. The van der Waals surface area contributed by atoms with Crippen LogP contribution in [0, 0.1) is 6.92 Å². The molecule has 1 heterocycles. The van der Waals surface area contributed by atoms with E-state index in [1.54, 1.807) is 32.0 Å². The zero-order valence-electron chi connectivity index (χ0n) is 15.7. The van der Waals surface area contributed by atoms with Gasteiger partial charge in [-0.15, -0.1) is 11.3 Å². The number of carbonyl (C=O) groups is 3. The number of hydrogen-bond acceptors (Lipinski definition) is 5. The zero-order chi connectivity index (χ0) is 20.8. The van der Waals surface area contributed by atoms with Crippen molar-refractivity contribution in [1.29, 1.82) is 0 Å². The number of nitrogens with one attached hydrogen (secondary N) is 2. The van der Waals surface area contributed by atoms with Gasteiger partial charge in [0.2, 0.25) is 5.91 Å². The maximum atomic E-state index is 12.4. The molecule has 0 bridgehead atoms. The van der Waals surface area contributed by atoms with Crippen molar-refractivity contribution >= 4 is 57.3 Å². The van der Waals surface area contributed by atoms with Crippen LogP contribution in [0.5, 0.6) is 0 Å². The van der Waals surface area contributed by atoms with Gasteiger partial charge in [-0.25, -0.2) is 4.79 Å². The predicted octanol–water partition coefficient (Wildman–Crippen LogP) is 4.47. The van der Waals surface area contributed by atoms with Crippen molar-refractivity contribution in [3.05, 3.63) is 49.8 Å². The molecule has 1 aromatic carbocycles. The normalized spacial score (nSPS) is 10.5. The van der Waals surface area contributed by atoms with Gasteiger partial charge >= 0.3 is 5.97 Å².